The third-order valence-corrected chi connectivity index (χ3v) is 4.79. The summed E-state index contributed by atoms with van der Waals surface area (Å²) in [4.78, 5) is 16.0. The highest BCUT2D eigenvalue weighted by Gasteiger charge is 2.38. The molecule has 2 heterocycles. The fraction of sp³-hybridized carbons (Fsp3) is 0.231. The van der Waals surface area contributed by atoms with Gasteiger partial charge in [-0.2, -0.15) is 0 Å². The molecule has 2 aliphatic heterocycles. The van der Waals surface area contributed by atoms with Gasteiger partial charge in [-0.3, -0.25) is 5.32 Å². The Kier molecular flexibility index (Phi) is 4.23. The minimum Gasteiger partial charge on any atom is -0.506 e. The number of halogens is 2. The molecule has 0 saturated heterocycles. The number of benzene rings is 1. The molecule has 0 aromatic heterocycles. The Hall–Kier alpha value is -1.03. The van der Waals surface area contributed by atoms with E-state index in [9.17, 15) is 5.11 Å². The van der Waals surface area contributed by atoms with Crippen molar-refractivity contribution in [3.63, 3.8) is 0 Å². The lowest BCUT2D eigenvalue weighted by molar-refractivity contribution is 0.468. The van der Waals surface area contributed by atoms with Crippen molar-refractivity contribution in [2.45, 2.75) is 18.5 Å². The first-order valence-electron chi connectivity index (χ1n) is 6.30. The average molecular weight is 445 g/mol. The fourth-order valence-corrected chi connectivity index (χ4v) is 3.78. The number of aliphatic imine (C=N–C) groups is 4. The molecule has 1 aromatic rings. The van der Waals surface area contributed by atoms with E-state index in [0.717, 1.165) is 5.56 Å². The number of rotatable bonds is 3. The molecule has 2 N–H and O–H groups in total. The van der Waals surface area contributed by atoms with E-state index in [1.807, 2.05) is 12.1 Å². The molecule has 0 radical (unpaired) electrons. The van der Waals surface area contributed by atoms with Crippen molar-refractivity contribution in [1.29, 1.82) is 0 Å². The molecule has 0 saturated carbocycles. The van der Waals surface area contributed by atoms with Crippen LogP contribution in [0, 0.1) is 0 Å². The van der Waals surface area contributed by atoms with Gasteiger partial charge in [-0.1, -0.05) is 0 Å². The van der Waals surface area contributed by atoms with Gasteiger partial charge in [-0.25, -0.2) is 20.0 Å². The molecule has 114 valence electrons. The molecule has 2 aliphatic rings. The third kappa shape index (κ3) is 2.90. The summed E-state index contributed by atoms with van der Waals surface area (Å²) in [6.45, 7) is 2.27. The second-order valence-electron chi connectivity index (χ2n) is 4.75. The molecule has 1 atom stereocenters. The SMILES string of the molecule is CC1=NC(S)(NCc2cc(Br)c(O)c(Br)c2)C2=NC=NC2=N1. The monoisotopic (exact) mass is 443 g/mol. The first-order chi connectivity index (χ1) is 10.4. The molecular weight excluding hydrogens is 434 g/mol. The van der Waals surface area contributed by atoms with Gasteiger partial charge < -0.3 is 5.11 Å². The number of thiol groups is 1. The third-order valence-electron chi connectivity index (χ3n) is 3.12. The van der Waals surface area contributed by atoms with E-state index in [4.69, 9.17) is 0 Å². The summed E-state index contributed by atoms with van der Waals surface area (Å²) in [6, 6.07) is 3.65. The number of nitrogens with zero attached hydrogens (tertiary/aromatic N) is 4. The predicted octanol–water partition coefficient (Wildman–Crippen LogP) is 2.90. The molecule has 1 unspecified atom stereocenters. The van der Waals surface area contributed by atoms with Crippen molar-refractivity contribution in [1.82, 2.24) is 5.32 Å². The van der Waals surface area contributed by atoms with Crippen molar-refractivity contribution < 1.29 is 5.11 Å². The quantitative estimate of drug-likeness (QED) is 0.494. The summed E-state index contributed by atoms with van der Waals surface area (Å²) < 4.78 is 1.22. The molecule has 0 spiro atoms. The Morgan fingerprint density at radius 3 is 2.68 bits per heavy atom. The fourth-order valence-electron chi connectivity index (χ4n) is 2.12. The van der Waals surface area contributed by atoms with Gasteiger partial charge in [-0.15, -0.1) is 12.6 Å². The standard InChI is InChI=1S/C13H11Br2N5OS/c1-6-19-12-11(16-5-17-12)13(22,20-6)18-4-7-2-8(14)10(21)9(15)3-7/h2-3,5,18,21-22H,4H2,1H3. The van der Waals surface area contributed by atoms with Crippen molar-refractivity contribution in [3.8, 4) is 5.75 Å². The van der Waals surface area contributed by atoms with Gasteiger partial charge in [0.15, 0.2) is 5.84 Å². The molecule has 3 rings (SSSR count). The van der Waals surface area contributed by atoms with Gasteiger partial charge in [0.05, 0.1) is 8.95 Å². The van der Waals surface area contributed by atoms with Crippen molar-refractivity contribution >= 4 is 68.2 Å². The van der Waals surface area contributed by atoms with Crippen LogP contribution in [0.3, 0.4) is 0 Å². The topological polar surface area (TPSA) is 81.7 Å². The number of hydrogen-bond donors (Lipinski definition) is 3. The Labute approximate surface area is 149 Å². The largest absolute Gasteiger partial charge is 0.506 e. The van der Waals surface area contributed by atoms with Crippen LogP contribution in [-0.4, -0.2) is 33.8 Å². The molecule has 0 amide bonds. The zero-order chi connectivity index (χ0) is 15.9. The van der Waals surface area contributed by atoms with E-state index in [1.165, 1.54) is 6.34 Å². The lowest BCUT2D eigenvalue weighted by atomic mass is 10.2. The van der Waals surface area contributed by atoms with Crippen LogP contribution in [0.5, 0.6) is 5.75 Å². The van der Waals surface area contributed by atoms with Crippen LogP contribution in [0.15, 0.2) is 41.0 Å². The molecule has 6 nitrogen and oxygen atoms in total. The van der Waals surface area contributed by atoms with Gasteiger partial charge in [0.1, 0.15) is 23.6 Å². The highest BCUT2D eigenvalue weighted by Crippen LogP contribution is 2.33. The Balaban J connectivity index is 1.83. The van der Waals surface area contributed by atoms with Gasteiger partial charge >= 0.3 is 0 Å². The average Bonchev–Trinajstić information content (AvgIpc) is 2.91. The Morgan fingerprint density at radius 2 is 2.00 bits per heavy atom. The van der Waals surface area contributed by atoms with Crippen LogP contribution in [0.1, 0.15) is 12.5 Å². The van der Waals surface area contributed by atoms with Crippen LogP contribution >= 0.6 is 44.5 Å². The van der Waals surface area contributed by atoms with E-state index in [1.54, 1.807) is 6.92 Å². The highest BCUT2D eigenvalue weighted by molar-refractivity contribution is 9.11. The Bertz CT molecular complexity index is 751. The first-order valence-corrected chi connectivity index (χ1v) is 8.33. The molecule has 9 heteroatoms. The maximum atomic E-state index is 9.75. The molecule has 0 fully saturated rings. The summed E-state index contributed by atoms with van der Waals surface area (Å²) >= 11 is 11.3. The van der Waals surface area contributed by atoms with Crippen LogP contribution < -0.4 is 5.32 Å². The minimum atomic E-state index is -0.978. The number of phenolic OH excluding ortho intramolecular Hbond substituents is 1. The summed E-state index contributed by atoms with van der Waals surface area (Å²) in [5.41, 5.74) is 1.53. The maximum Gasteiger partial charge on any atom is 0.204 e. The second-order valence-corrected chi connectivity index (χ2v) is 7.11. The lowest BCUT2D eigenvalue weighted by Gasteiger charge is -2.28. The molecule has 1 aromatic carbocycles. The summed E-state index contributed by atoms with van der Waals surface area (Å²) in [6.07, 6.45) is 1.45. The molecule has 22 heavy (non-hydrogen) atoms. The van der Waals surface area contributed by atoms with Crippen LogP contribution in [0.4, 0.5) is 0 Å². The van der Waals surface area contributed by atoms with Gasteiger partial charge in [0.2, 0.25) is 4.99 Å². The van der Waals surface area contributed by atoms with Crippen LogP contribution in [-0.2, 0) is 6.54 Å². The number of aromatic hydroxyl groups is 1. The summed E-state index contributed by atoms with van der Waals surface area (Å²) in [5.74, 6) is 1.28. The van der Waals surface area contributed by atoms with E-state index in [2.05, 4.69) is 69.8 Å². The zero-order valence-electron chi connectivity index (χ0n) is 11.4. The zero-order valence-corrected chi connectivity index (χ0v) is 15.4. The molecule has 0 aliphatic carbocycles. The smallest absolute Gasteiger partial charge is 0.204 e. The van der Waals surface area contributed by atoms with Crippen molar-refractivity contribution in [3.05, 3.63) is 26.6 Å². The van der Waals surface area contributed by atoms with Crippen molar-refractivity contribution in [2.75, 3.05) is 0 Å². The first kappa shape index (κ1) is 15.9. The minimum absolute atomic E-state index is 0.166. The summed E-state index contributed by atoms with van der Waals surface area (Å²) in [5, 5.41) is 13.0. The van der Waals surface area contributed by atoms with Gasteiger partial charge in [0, 0.05) is 6.54 Å². The molecule has 0 bridgehead atoms. The molecular formula is C13H11Br2N5OS. The predicted molar refractivity (Wildman–Crippen MR) is 98.5 cm³/mol. The number of nitrogens with one attached hydrogen (secondary N) is 1. The van der Waals surface area contributed by atoms with E-state index < -0.39 is 4.99 Å². The number of hydrogen-bond acceptors (Lipinski definition) is 7. The van der Waals surface area contributed by atoms with E-state index in [-0.39, 0.29) is 5.75 Å². The van der Waals surface area contributed by atoms with Gasteiger partial charge in [0.25, 0.3) is 0 Å². The second kappa shape index (κ2) is 5.88. The van der Waals surface area contributed by atoms with Crippen LogP contribution in [0.25, 0.3) is 0 Å². The van der Waals surface area contributed by atoms with Crippen molar-refractivity contribution in [2.24, 2.45) is 20.0 Å². The Morgan fingerprint density at radius 1 is 1.32 bits per heavy atom. The highest BCUT2D eigenvalue weighted by atomic mass is 79.9. The lowest BCUT2D eigenvalue weighted by Crippen LogP contribution is -2.50. The number of amidine groups is 2. The van der Waals surface area contributed by atoms with E-state index >= 15 is 0 Å². The van der Waals surface area contributed by atoms with E-state index in [0.29, 0.717) is 32.9 Å². The normalized spacial score (nSPS) is 23.0. The number of phenols is 1. The number of fused-ring (bicyclic) bond motifs is 1. The van der Waals surface area contributed by atoms with Crippen LogP contribution in [0.2, 0.25) is 0 Å². The van der Waals surface area contributed by atoms with Gasteiger partial charge in [-0.05, 0) is 56.5 Å². The summed E-state index contributed by atoms with van der Waals surface area (Å²) in [7, 11) is 0. The maximum absolute atomic E-state index is 9.75.